The van der Waals surface area contributed by atoms with Gasteiger partial charge in [0.15, 0.2) is 0 Å². The van der Waals surface area contributed by atoms with E-state index in [1.54, 1.807) is 24.3 Å². The van der Waals surface area contributed by atoms with Gasteiger partial charge in [-0.3, -0.25) is 9.52 Å². The van der Waals surface area contributed by atoms with E-state index in [4.69, 9.17) is 0 Å². The number of amides is 1. The van der Waals surface area contributed by atoms with E-state index in [2.05, 4.69) is 30.2 Å². The zero-order valence-corrected chi connectivity index (χ0v) is 21.1. The Morgan fingerprint density at radius 1 is 1.20 bits per heavy atom. The monoisotopic (exact) mass is 502 g/mol. The summed E-state index contributed by atoms with van der Waals surface area (Å²) in [6.07, 6.45) is 5.30. The van der Waals surface area contributed by atoms with Crippen molar-refractivity contribution in [3.8, 4) is 0 Å². The van der Waals surface area contributed by atoms with Gasteiger partial charge in [-0.25, -0.2) is 13.4 Å². The van der Waals surface area contributed by atoms with Crippen LogP contribution in [0, 0.1) is 12.8 Å². The SMILES string of the molecule is Cc1cc2nc(n1)NCCCCC1CCCN(C1)c1cc(NS(=O)(=O)[C@@H](C)CO)ccc1C(=O)N2. The molecule has 0 spiro atoms. The first kappa shape index (κ1) is 25.2. The molecule has 190 valence electrons. The molecule has 11 heteroatoms. The van der Waals surface area contributed by atoms with Crippen LogP contribution in [0.1, 0.15) is 55.1 Å². The van der Waals surface area contributed by atoms with Crippen LogP contribution in [0.15, 0.2) is 24.3 Å². The Balaban J connectivity index is 1.72. The molecule has 0 radical (unpaired) electrons. The summed E-state index contributed by atoms with van der Waals surface area (Å²) in [5.74, 6) is 1.07. The maximum atomic E-state index is 13.4. The van der Waals surface area contributed by atoms with Gasteiger partial charge in [-0.15, -0.1) is 0 Å². The number of hydrogen-bond donors (Lipinski definition) is 4. The van der Waals surface area contributed by atoms with E-state index in [0.717, 1.165) is 57.4 Å². The number of aromatic nitrogens is 2. The molecule has 1 unspecified atom stereocenters. The van der Waals surface area contributed by atoms with Gasteiger partial charge >= 0.3 is 0 Å². The minimum absolute atomic E-state index is 0.320. The summed E-state index contributed by atoms with van der Waals surface area (Å²) in [5.41, 5.74) is 2.23. The number of hydrogen-bond acceptors (Lipinski definition) is 8. The molecule has 1 amide bonds. The van der Waals surface area contributed by atoms with Crippen LogP contribution in [-0.2, 0) is 10.0 Å². The number of sulfonamides is 1. The first-order valence-corrected chi connectivity index (χ1v) is 13.7. The number of piperidine rings is 1. The lowest BCUT2D eigenvalue weighted by Gasteiger charge is -2.35. The van der Waals surface area contributed by atoms with Gasteiger partial charge in [-0.2, -0.15) is 4.98 Å². The first-order chi connectivity index (χ1) is 16.7. The number of aliphatic hydroxyl groups excluding tert-OH is 1. The molecule has 2 atom stereocenters. The third kappa shape index (κ3) is 6.21. The van der Waals surface area contributed by atoms with Crippen molar-refractivity contribution < 1.29 is 18.3 Å². The van der Waals surface area contributed by atoms with Gasteiger partial charge < -0.3 is 20.6 Å². The Hall–Kier alpha value is -2.92. The maximum Gasteiger partial charge on any atom is 0.258 e. The molecule has 2 aliphatic heterocycles. The standard InChI is InChI=1S/C24H34N6O4S/c1-16-12-22-27-23(32)20-9-8-19(29-35(33,34)17(2)15-31)13-21(20)30-11-5-7-18(14-30)6-3-4-10-25-24(26-16)28-22/h8-9,12-13,17-18,29,31H,3-7,10-11,14-15H2,1-2H3,(H2,25,26,27,28,32)/t17-,18?/m0/s1. The van der Waals surface area contributed by atoms with E-state index in [1.807, 2.05) is 6.92 Å². The van der Waals surface area contributed by atoms with Crippen molar-refractivity contribution >= 4 is 39.1 Å². The lowest BCUT2D eigenvalue weighted by atomic mass is 9.92. The van der Waals surface area contributed by atoms with Gasteiger partial charge in [0.1, 0.15) is 11.1 Å². The minimum Gasteiger partial charge on any atom is -0.395 e. The summed E-state index contributed by atoms with van der Waals surface area (Å²) in [7, 11) is -3.76. The van der Waals surface area contributed by atoms with E-state index in [0.29, 0.717) is 34.6 Å². The number of fused-ring (bicyclic) bond motifs is 6. The van der Waals surface area contributed by atoms with Crippen LogP contribution < -0.4 is 20.3 Å². The van der Waals surface area contributed by atoms with Crippen LogP contribution in [0.4, 0.5) is 23.1 Å². The van der Waals surface area contributed by atoms with Gasteiger partial charge in [-0.05, 0) is 63.6 Å². The molecule has 4 N–H and O–H groups in total. The summed E-state index contributed by atoms with van der Waals surface area (Å²) >= 11 is 0. The largest absolute Gasteiger partial charge is 0.395 e. The average molecular weight is 503 g/mol. The highest BCUT2D eigenvalue weighted by Crippen LogP contribution is 2.32. The van der Waals surface area contributed by atoms with E-state index in [9.17, 15) is 18.3 Å². The molecule has 10 nitrogen and oxygen atoms in total. The fourth-order valence-corrected chi connectivity index (χ4v) is 5.44. The highest BCUT2D eigenvalue weighted by molar-refractivity contribution is 7.93. The molecule has 1 fully saturated rings. The minimum atomic E-state index is -3.76. The molecule has 3 heterocycles. The smallest absolute Gasteiger partial charge is 0.258 e. The number of aryl methyl sites for hydroxylation is 1. The second-order valence-electron chi connectivity index (χ2n) is 9.42. The molecule has 2 aromatic rings. The van der Waals surface area contributed by atoms with Crippen LogP contribution in [0.5, 0.6) is 0 Å². The van der Waals surface area contributed by atoms with Crippen LogP contribution in [-0.4, -0.2) is 60.9 Å². The number of rotatable bonds is 4. The van der Waals surface area contributed by atoms with Crippen molar-refractivity contribution in [2.45, 2.75) is 51.2 Å². The molecular weight excluding hydrogens is 468 g/mol. The molecule has 2 aliphatic rings. The normalized spacial score (nSPS) is 19.9. The van der Waals surface area contributed by atoms with Crippen LogP contribution in [0.25, 0.3) is 0 Å². The zero-order valence-electron chi connectivity index (χ0n) is 20.2. The number of carbonyl (C=O) groups excluding carboxylic acids is 1. The van der Waals surface area contributed by atoms with Gasteiger partial charge in [0.2, 0.25) is 16.0 Å². The quantitative estimate of drug-likeness (QED) is 0.501. The van der Waals surface area contributed by atoms with Crippen LogP contribution in [0.3, 0.4) is 0 Å². The predicted octanol–water partition coefficient (Wildman–Crippen LogP) is 2.97. The molecule has 1 aromatic heterocycles. The van der Waals surface area contributed by atoms with Crippen molar-refractivity contribution in [3.63, 3.8) is 0 Å². The van der Waals surface area contributed by atoms with Gasteiger partial charge in [0.05, 0.1) is 23.5 Å². The Morgan fingerprint density at radius 2 is 2.00 bits per heavy atom. The lowest BCUT2D eigenvalue weighted by Crippen LogP contribution is -2.37. The number of carbonyl (C=O) groups is 1. The second kappa shape index (κ2) is 10.8. The van der Waals surface area contributed by atoms with Crippen molar-refractivity contribution in [2.24, 2.45) is 5.92 Å². The Bertz CT molecular complexity index is 1170. The molecule has 4 bridgehead atoms. The first-order valence-electron chi connectivity index (χ1n) is 12.2. The van der Waals surface area contributed by atoms with E-state index >= 15 is 0 Å². The highest BCUT2D eigenvalue weighted by Gasteiger charge is 2.26. The Morgan fingerprint density at radius 3 is 2.80 bits per heavy atom. The molecule has 1 aromatic carbocycles. The fourth-order valence-electron chi connectivity index (χ4n) is 4.58. The predicted molar refractivity (Wildman–Crippen MR) is 138 cm³/mol. The summed E-state index contributed by atoms with van der Waals surface area (Å²) in [6.45, 7) is 5.18. The van der Waals surface area contributed by atoms with Gasteiger partial charge in [0, 0.05) is 31.4 Å². The second-order valence-corrected chi connectivity index (χ2v) is 11.5. The van der Waals surface area contributed by atoms with Crippen molar-refractivity contribution in [3.05, 3.63) is 35.5 Å². The number of aliphatic hydroxyl groups is 1. The number of benzene rings is 1. The molecule has 1 saturated heterocycles. The summed E-state index contributed by atoms with van der Waals surface area (Å²) in [6, 6.07) is 6.65. The summed E-state index contributed by atoms with van der Waals surface area (Å²) in [5, 5.41) is 14.5. The topological polar surface area (TPSA) is 137 Å². The molecule has 0 aliphatic carbocycles. The van der Waals surface area contributed by atoms with Gasteiger partial charge in [-0.1, -0.05) is 6.42 Å². The number of anilines is 4. The highest BCUT2D eigenvalue weighted by atomic mass is 32.2. The maximum absolute atomic E-state index is 13.4. The zero-order chi connectivity index (χ0) is 25.0. The fraction of sp³-hybridized carbons (Fsp3) is 0.542. The van der Waals surface area contributed by atoms with Crippen molar-refractivity contribution in [2.75, 3.05) is 46.5 Å². The van der Waals surface area contributed by atoms with E-state index in [-0.39, 0.29) is 5.91 Å². The average Bonchev–Trinajstić information content (AvgIpc) is 2.82. The number of nitrogens with one attached hydrogen (secondary N) is 3. The Labute approximate surface area is 206 Å². The van der Waals surface area contributed by atoms with Gasteiger partial charge in [0.25, 0.3) is 5.91 Å². The molecule has 35 heavy (non-hydrogen) atoms. The molecular formula is C24H34N6O4S. The molecule has 0 saturated carbocycles. The van der Waals surface area contributed by atoms with E-state index in [1.165, 1.54) is 6.92 Å². The van der Waals surface area contributed by atoms with Crippen molar-refractivity contribution in [1.82, 2.24) is 9.97 Å². The third-order valence-electron chi connectivity index (χ3n) is 6.57. The third-order valence-corrected chi connectivity index (χ3v) is 8.30. The lowest BCUT2D eigenvalue weighted by molar-refractivity contribution is 0.102. The summed E-state index contributed by atoms with van der Waals surface area (Å²) in [4.78, 5) is 24.4. The summed E-state index contributed by atoms with van der Waals surface area (Å²) < 4.78 is 27.6. The van der Waals surface area contributed by atoms with Crippen molar-refractivity contribution in [1.29, 1.82) is 0 Å². The van der Waals surface area contributed by atoms with Crippen LogP contribution in [0.2, 0.25) is 0 Å². The Kier molecular flexibility index (Phi) is 7.75. The van der Waals surface area contributed by atoms with E-state index < -0.39 is 21.9 Å². The number of nitrogens with zero attached hydrogens (tertiary/aromatic N) is 3. The molecule has 4 rings (SSSR count). The van der Waals surface area contributed by atoms with Crippen LogP contribution >= 0.6 is 0 Å².